The fourth-order valence-corrected chi connectivity index (χ4v) is 2.76. The summed E-state index contributed by atoms with van der Waals surface area (Å²) in [6.45, 7) is 8.27. The molecule has 1 saturated heterocycles. The van der Waals surface area contributed by atoms with Gasteiger partial charge in [0.1, 0.15) is 12.1 Å². The van der Waals surface area contributed by atoms with E-state index in [0.29, 0.717) is 6.61 Å². The van der Waals surface area contributed by atoms with Gasteiger partial charge in [-0.05, 0) is 25.0 Å². The summed E-state index contributed by atoms with van der Waals surface area (Å²) in [6, 6.07) is 6.18. The molecular weight excluding hydrogens is 250 g/mol. The van der Waals surface area contributed by atoms with Crippen LogP contribution in [-0.2, 0) is 4.74 Å². The monoisotopic (exact) mass is 269 g/mol. The van der Waals surface area contributed by atoms with Gasteiger partial charge in [0, 0.05) is 18.5 Å². The Morgan fingerprint density at radius 1 is 1.45 bits per heavy atom. The highest BCUT2D eigenvalue weighted by Crippen LogP contribution is 2.29. The average molecular weight is 269 g/mol. The second-order valence-corrected chi connectivity index (χ2v) is 5.15. The first kappa shape index (κ1) is 13.1. The molecule has 2 heterocycles. The molecule has 1 fully saturated rings. The highest BCUT2D eigenvalue weighted by Gasteiger charge is 2.25. The minimum Gasteiger partial charge on any atom is -0.372 e. The lowest BCUT2D eigenvalue weighted by molar-refractivity contribution is 0.0909. The van der Waals surface area contributed by atoms with Gasteiger partial charge >= 0.3 is 0 Å². The van der Waals surface area contributed by atoms with Crippen molar-refractivity contribution in [3.8, 4) is 0 Å². The van der Waals surface area contributed by atoms with Gasteiger partial charge in [0.25, 0.3) is 0 Å². The molecule has 1 unspecified atom stereocenters. The summed E-state index contributed by atoms with van der Waals surface area (Å²) in [4.78, 5) is 11.2. The first-order valence-electron chi connectivity index (χ1n) is 6.97. The van der Waals surface area contributed by atoms with E-state index in [1.165, 1.54) is 5.56 Å². The van der Waals surface area contributed by atoms with E-state index in [-0.39, 0.29) is 6.10 Å². The topological polar surface area (TPSA) is 38.2 Å². The van der Waals surface area contributed by atoms with Gasteiger partial charge in [-0.3, -0.25) is 0 Å². The highest BCUT2D eigenvalue weighted by molar-refractivity contribution is 5.92. The summed E-state index contributed by atoms with van der Waals surface area (Å²) in [6.07, 6.45) is 4.75. The minimum absolute atomic E-state index is 0.266. The van der Waals surface area contributed by atoms with E-state index in [9.17, 15) is 0 Å². The van der Waals surface area contributed by atoms with Crippen molar-refractivity contribution in [1.82, 2.24) is 9.97 Å². The molecule has 0 bridgehead atoms. The van der Waals surface area contributed by atoms with Gasteiger partial charge in [-0.1, -0.05) is 18.2 Å². The second kappa shape index (κ2) is 5.59. The number of rotatable bonds is 4. The van der Waals surface area contributed by atoms with Gasteiger partial charge in [0.05, 0.1) is 18.2 Å². The Balaban J connectivity index is 1.90. The fraction of sp³-hybridized carbons (Fsp3) is 0.375. The largest absolute Gasteiger partial charge is 0.372 e. The fourth-order valence-electron chi connectivity index (χ4n) is 2.76. The van der Waals surface area contributed by atoms with Gasteiger partial charge in [-0.25, -0.2) is 9.97 Å². The lowest BCUT2D eigenvalue weighted by Crippen LogP contribution is -2.24. The molecule has 1 atom stereocenters. The van der Waals surface area contributed by atoms with Crippen LogP contribution in [0.5, 0.6) is 0 Å². The third kappa shape index (κ3) is 2.39. The third-order valence-corrected chi connectivity index (χ3v) is 3.75. The Morgan fingerprint density at radius 2 is 2.35 bits per heavy atom. The highest BCUT2D eigenvalue weighted by atomic mass is 16.5. The van der Waals surface area contributed by atoms with Gasteiger partial charge in [0.15, 0.2) is 0 Å². The Kier molecular flexibility index (Phi) is 3.65. The first-order valence-corrected chi connectivity index (χ1v) is 6.97. The molecule has 0 radical (unpaired) electrons. The standard InChI is InChI=1S/C16H19N3O/c1-3-9-20-13-7-8-19(10-13)16-15-12(2)5-4-6-14(15)17-11-18-16/h3-6,11,13H,1,7-10H2,2H3. The molecule has 1 aliphatic rings. The van der Waals surface area contributed by atoms with Gasteiger partial charge in [-0.15, -0.1) is 6.58 Å². The Labute approximate surface area is 119 Å². The maximum Gasteiger partial charge on any atom is 0.140 e. The molecule has 4 nitrogen and oxygen atoms in total. The Bertz CT molecular complexity index is 621. The zero-order valence-electron chi connectivity index (χ0n) is 11.7. The van der Waals surface area contributed by atoms with E-state index >= 15 is 0 Å². The van der Waals surface area contributed by atoms with Crippen molar-refractivity contribution in [2.75, 3.05) is 24.6 Å². The lowest BCUT2D eigenvalue weighted by atomic mass is 10.1. The van der Waals surface area contributed by atoms with Crippen molar-refractivity contribution in [2.45, 2.75) is 19.4 Å². The molecule has 0 amide bonds. The van der Waals surface area contributed by atoms with E-state index in [2.05, 4.69) is 34.4 Å². The van der Waals surface area contributed by atoms with E-state index in [0.717, 1.165) is 36.2 Å². The Hall–Kier alpha value is -1.94. The maximum atomic E-state index is 5.74. The molecule has 0 spiro atoms. The van der Waals surface area contributed by atoms with E-state index in [4.69, 9.17) is 4.74 Å². The predicted molar refractivity (Wildman–Crippen MR) is 81.0 cm³/mol. The average Bonchev–Trinajstić information content (AvgIpc) is 2.93. The van der Waals surface area contributed by atoms with Crippen LogP contribution in [0.3, 0.4) is 0 Å². The SMILES string of the molecule is C=CCOC1CCN(c2ncnc3cccc(C)c23)C1. The molecule has 1 aromatic carbocycles. The second-order valence-electron chi connectivity index (χ2n) is 5.15. The summed E-state index contributed by atoms with van der Waals surface area (Å²) in [5.41, 5.74) is 2.22. The van der Waals surface area contributed by atoms with Crippen molar-refractivity contribution in [1.29, 1.82) is 0 Å². The molecule has 0 saturated carbocycles. The van der Waals surface area contributed by atoms with Crippen LogP contribution in [-0.4, -0.2) is 35.8 Å². The van der Waals surface area contributed by atoms with Crippen LogP contribution in [0.1, 0.15) is 12.0 Å². The van der Waals surface area contributed by atoms with Gasteiger partial charge in [0.2, 0.25) is 0 Å². The number of aromatic nitrogens is 2. The summed E-state index contributed by atoms with van der Waals surface area (Å²) in [7, 11) is 0. The zero-order valence-corrected chi connectivity index (χ0v) is 11.7. The minimum atomic E-state index is 0.266. The summed E-state index contributed by atoms with van der Waals surface area (Å²) < 4.78 is 5.74. The number of hydrogen-bond donors (Lipinski definition) is 0. The van der Waals surface area contributed by atoms with Crippen LogP contribution in [0.4, 0.5) is 5.82 Å². The summed E-state index contributed by atoms with van der Waals surface area (Å²) in [5.74, 6) is 1.03. The van der Waals surface area contributed by atoms with Crippen molar-refractivity contribution < 1.29 is 4.74 Å². The molecule has 0 aliphatic carbocycles. The van der Waals surface area contributed by atoms with E-state index < -0.39 is 0 Å². The molecule has 2 aromatic rings. The number of aryl methyl sites for hydroxylation is 1. The quantitative estimate of drug-likeness (QED) is 0.800. The Morgan fingerprint density at radius 3 is 3.20 bits per heavy atom. The number of anilines is 1. The van der Waals surface area contributed by atoms with Crippen LogP contribution < -0.4 is 4.90 Å². The molecule has 0 N–H and O–H groups in total. The van der Waals surface area contributed by atoms with Crippen molar-refractivity contribution in [3.05, 3.63) is 42.7 Å². The molecule has 4 heteroatoms. The summed E-state index contributed by atoms with van der Waals surface area (Å²) in [5, 5.41) is 1.15. The molecule has 1 aliphatic heterocycles. The van der Waals surface area contributed by atoms with Gasteiger partial charge < -0.3 is 9.64 Å². The normalized spacial score (nSPS) is 18.6. The van der Waals surface area contributed by atoms with Crippen LogP contribution in [0, 0.1) is 6.92 Å². The van der Waals surface area contributed by atoms with Crippen molar-refractivity contribution in [2.24, 2.45) is 0 Å². The third-order valence-electron chi connectivity index (χ3n) is 3.75. The molecular formula is C16H19N3O. The predicted octanol–water partition coefficient (Wildman–Crippen LogP) is 2.72. The number of benzene rings is 1. The lowest BCUT2D eigenvalue weighted by Gasteiger charge is -2.19. The maximum absolute atomic E-state index is 5.74. The van der Waals surface area contributed by atoms with Crippen molar-refractivity contribution in [3.63, 3.8) is 0 Å². The van der Waals surface area contributed by atoms with Crippen molar-refractivity contribution >= 4 is 16.7 Å². The van der Waals surface area contributed by atoms with Crippen LogP contribution in [0.2, 0.25) is 0 Å². The van der Waals surface area contributed by atoms with E-state index in [1.54, 1.807) is 12.4 Å². The first-order chi connectivity index (χ1) is 9.79. The number of fused-ring (bicyclic) bond motifs is 1. The van der Waals surface area contributed by atoms with Crippen LogP contribution >= 0.6 is 0 Å². The number of hydrogen-bond acceptors (Lipinski definition) is 4. The molecule has 20 heavy (non-hydrogen) atoms. The number of nitrogens with zero attached hydrogens (tertiary/aromatic N) is 3. The summed E-state index contributed by atoms with van der Waals surface area (Å²) >= 11 is 0. The van der Waals surface area contributed by atoms with Crippen LogP contribution in [0.25, 0.3) is 10.9 Å². The molecule has 1 aromatic heterocycles. The molecule has 104 valence electrons. The zero-order chi connectivity index (χ0) is 13.9. The van der Waals surface area contributed by atoms with E-state index in [1.807, 2.05) is 12.1 Å². The smallest absolute Gasteiger partial charge is 0.140 e. The number of ether oxygens (including phenoxy) is 1. The van der Waals surface area contributed by atoms with Gasteiger partial charge in [-0.2, -0.15) is 0 Å². The molecule has 3 rings (SSSR count). The van der Waals surface area contributed by atoms with Crippen LogP contribution in [0.15, 0.2) is 37.2 Å².